The first-order valence-electron chi connectivity index (χ1n) is 24.0. The van der Waals surface area contributed by atoms with Crippen molar-refractivity contribution in [2.75, 3.05) is 20.7 Å². The third kappa shape index (κ3) is 13.4. The minimum atomic E-state index is 0.373. The number of hydrazone groups is 2. The van der Waals surface area contributed by atoms with Crippen molar-refractivity contribution in [2.24, 2.45) is 10.2 Å². The second kappa shape index (κ2) is 26.0. The highest BCUT2D eigenvalue weighted by atomic mass is 15.3. The van der Waals surface area contributed by atoms with E-state index < -0.39 is 0 Å². The monoisotopic (exact) mass is 933 g/mol. The van der Waals surface area contributed by atoms with E-state index in [4.69, 9.17) is 10.8 Å². The predicted octanol–water partition coefficient (Wildman–Crippen LogP) is 17.4. The first kappa shape index (κ1) is 51.5. The normalized spacial score (nSPS) is 13.2. The van der Waals surface area contributed by atoms with Crippen LogP contribution in [0.2, 0.25) is 0 Å². The fourth-order valence-corrected chi connectivity index (χ4v) is 7.74. The second-order valence-corrected chi connectivity index (χ2v) is 16.0. The molecule has 6 aromatic carbocycles. The summed E-state index contributed by atoms with van der Waals surface area (Å²) >= 11 is 0. The molecule has 0 radical (unpaired) electrons. The molecule has 1 aliphatic carbocycles. The van der Waals surface area contributed by atoms with Gasteiger partial charge in [-0.15, -0.1) is 0 Å². The van der Waals surface area contributed by atoms with Crippen LogP contribution in [0.4, 0.5) is 34.1 Å². The van der Waals surface area contributed by atoms with Crippen molar-refractivity contribution in [3.8, 4) is 33.4 Å². The van der Waals surface area contributed by atoms with E-state index in [1.54, 1.807) is 18.2 Å². The second-order valence-electron chi connectivity index (χ2n) is 16.0. The van der Waals surface area contributed by atoms with Gasteiger partial charge in [-0.25, -0.2) is 0 Å². The van der Waals surface area contributed by atoms with E-state index in [1.807, 2.05) is 88.4 Å². The van der Waals surface area contributed by atoms with Gasteiger partial charge < -0.3 is 9.80 Å². The molecule has 4 N–H and O–H groups in total. The van der Waals surface area contributed by atoms with Crippen molar-refractivity contribution in [3.05, 3.63) is 243 Å². The first-order valence-corrected chi connectivity index (χ1v) is 24.0. The highest BCUT2D eigenvalue weighted by Gasteiger charge is 2.16. The molecule has 0 heterocycles. The minimum absolute atomic E-state index is 0.373. The molecule has 6 aromatic rings. The molecule has 71 heavy (non-hydrogen) atoms. The SMILES string of the molecule is C=C/C=C(\C=C)N(c1ccc(-c2ccc(N/N=C3/C=CC=CC3=N)cc2)cc1)c1ccc(-c2ccc(N(C(/C=C\C)=C/CC)c3ccc(-c4ccc(N/N=C(/C)C(=N)/C=C\C)cc4)cc3)cc2)cc1.CC. The number of allylic oxidation sites excluding steroid dienone is 12. The Morgan fingerprint density at radius 2 is 0.958 bits per heavy atom. The molecule has 1 aliphatic rings. The maximum absolute atomic E-state index is 8.06. The molecule has 0 aromatic heterocycles. The Morgan fingerprint density at radius 3 is 1.34 bits per heavy atom. The molecule has 0 saturated heterocycles. The molecule has 356 valence electrons. The minimum Gasteiger partial charge on any atom is -0.311 e. The van der Waals surface area contributed by atoms with Crippen molar-refractivity contribution in [3.63, 3.8) is 0 Å². The van der Waals surface area contributed by atoms with Crippen LogP contribution in [-0.2, 0) is 0 Å². The molecular formula is C63H64N8. The smallest absolute Gasteiger partial charge is 0.108 e. The molecule has 7 rings (SSSR count). The molecule has 8 nitrogen and oxygen atoms in total. The maximum atomic E-state index is 8.06. The fraction of sp³-hybridized carbons (Fsp3) is 0.111. The van der Waals surface area contributed by atoms with Crippen molar-refractivity contribution in [2.45, 2.75) is 48.0 Å². The molecule has 0 atom stereocenters. The zero-order chi connectivity index (χ0) is 50.5. The third-order valence-electron chi connectivity index (χ3n) is 11.3. The number of benzene rings is 6. The number of nitrogens with one attached hydrogen (secondary N) is 4. The zero-order valence-corrected chi connectivity index (χ0v) is 41.7. The molecule has 0 aliphatic heterocycles. The van der Waals surface area contributed by atoms with Crippen LogP contribution in [-0.4, -0.2) is 22.8 Å². The number of hydrogen-bond donors (Lipinski definition) is 4. The summed E-state index contributed by atoms with van der Waals surface area (Å²) in [4.78, 5) is 4.48. The standard InChI is InChI=1S/C61H58N8.C2H6/c1-7-14-53(11-5)68(55-36-24-47(25-37-55)46-22-34-52(35-23-46)66-67-61-19-13-12-18-60(61)63)56-38-26-49(27-39-56)50-30-42-58(43-31-50)69(54(15-8-2)16-9-3)57-40-28-48(29-41-57)45-20-32-51(33-21-45)65-64-44(6)59(62)17-10-4;1-2/h7-8,10-43,62-63,65-66H,1,5,9H2,2-4,6H3;1-2H3/b15-8-,17-10-,53-14+,54-16+,62-59?,63-60?,64-44-,67-61-;. The molecular weight excluding hydrogens is 869 g/mol. The Hall–Kier alpha value is -8.88. The summed E-state index contributed by atoms with van der Waals surface area (Å²) in [6.45, 7) is 20.0. The largest absolute Gasteiger partial charge is 0.311 e. The average Bonchev–Trinajstić information content (AvgIpc) is 3.42. The summed E-state index contributed by atoms with van der Waals surface area (Å²) in [5.41, 5.74) is 22.5. The Balaban J connectivity index is 0.00000407. The van der Waals surface area contributed by atoms with E-state index in [1.165, 1.54) is 0 Å². The molecule has 0 saturated carbocycles. The third-order valence-corrected chi connectivity index (χ3v) is 11.3. The van der Waals surface area contributed by atoms with Gasteiger partial charge in [-0.2, -0.15) is 10.2 Å². The van der Waals surface area contributed by atoms with Gasteiger partial charge in [-0.3, -0.25) is 21.7 Å². The van der Waals surface area contributed by atoms with Gasteiger partial charge in [0, 0.05) is 34.1 Å². The van der Waals surface area contributed by atoms with Crippen LogP contribution in [0.5, 0.6) is 0 Å². The van der Waals surface area contributed by atoms with Crippen molar-refractivity contribution < 1.29 is 0 Å². The Bertz CT molecular complexity index is 3010. The zero-order valence-electron chi connectivity index (χ0n) is 41.7. The van der Waals surface area contributed by atoms with Crippen LogP contribution >= 0.6 is 0 Å². The number of hydrogen-bond acceptors (Lipinski definition) is 8. The number of nitrogens with zero attached hydrogens (tertiary/aromatic N) is 4. The molecule has 0 spiro atoms. The van der Waals surface area contributed by atoms with Gasteiger partial charge in [0.25, 0.3) is 0 Å². The van der Waals surface area contributed by atoms with Crippen molar-refractivity contribution in [1.29, 1.82) is 10.8 Å². The quantitative estimate of drug-likeness (QED) is 0.0281. The van der Waals surface area contributed by atoms with E-state index in [9.17, 15) is 0 Å². The highest BCUT2D eigenvalue weighted by Crippen LogP contribution is 2.37. The van der Waals surface area contributed by atoms with Crippen LogP contribution in [0, 0.1) is 10.8 Å². The van der Waals surface area contributed by atoms with E-state index >= 15 is 0 Å². The highest BCUT2D eigenvalue weighted by molar-refractivity contribution is 6.50. The van der Waals surface area contributed by atoms with E-state index in [2.05, 4.69) is 197 Å². The summed E-state index contributed by atoms with van der Waals surface area (Å²) in [7, 11) is 0. The van der Waals surface area contributed by atoms with Crippen LogP contribution in [0.3, 0.4) is 0 Å². The fourth-order valence-electron chi connectivity index (χ4n) is 7.74. The lowest BCUT2D eigenvalue weighted by Crippen LogP contribution is -2.15. The maximum Gasteiger partial charge on any atom is 0.108 e. The number of rotatable bonds is 19. The molecule has 0 fully saturated rings. The van der Waals surface area contributed by atoms with Gasteiger partial charge in [-0.1, -0.05) is 143 Å². The summed E-state index contributed by atoms with van der Waals surface area (Å²) < 4.78 is 0. The Labute approximate surface area is 421 Å². The summed E-state index contributed by atoms with van der Waals surface area (Å²) in [6.07, 6.45) is 23.8. The van der Waals surface area contributed by atoms with Gasteiger partial charge in [-0.05, 0) is 170 Å². The molecule has 0 amide bonds. The Morgan fingerprint density at radius 1 is 0.563 bits per heavy atom. The summed E-state index contributed by atoms with van der Waals surface area (Å²) in [5, 5.41) is 24.9. The Kier molecular flexibility index (Phi) is 18.9. The van der Waals surface area contributed by atoms with Gasteiger partial charge >= 0.3 is 0 Å². The van der Waals surface area contributed by atoms with Crippen molar-refractivity contribution in [1.82, 2.24) is 0 Å². The van der Waals surface area contributed by atoms with Gasteiger partial charge in [0.15, 0.2) is 0 Å². The number of anilines is 6. The average molecular weight is 933 g/mol. The lowest BCUT2D eigenvalue weighted by Gasteiger charge is -2.27. The first-order chi connectivity index (χ1) is 34.7. The van der Waals surface area contributed by atoms with Crippen molar-refractivity contribution >= 4 is 57.0 Å². The van der Waals surface area contributed by atoms with Crippen LogP contribution in [0.15, 0.2) is 253 Å². The van der Waals surface area contributed by atoms with E-state index in [0.29, 0.717) is 22.8 Å². The molecule has 0 unspecified atom stereocenters. The van der Waals surface area contributed by atoms with Crippen LogP contribution in [0.25, 0.3) is 33.4 Å². The van der Waals surface area contributed by atoms with Gasteiger partial charge in [0.05, 0.1) is 28.5 Å². The topological polar surface area (TPSA) is 103 Å². The molecule has 0 bridgehead atoms. The van der Waals surface area contributed by atoms with Crippen LogP contribution in [0.1, 0.15) is 48.0 Å². The van der Waals surface area contributed by atoms with Gasteiger partial charge in [0.2, 0.25) is 0 Å². The van der Waals surface area contributed by atoms with E-state index in [-0.39, 0.29) is 0 Å². The molecule has 8 heteroatoms. The lowest BCUT2D eigenvalue weighted by molar-refractivity contribution is 1.13. The van der Waals surface area contributed by atoms with E-state index in [0.717, 1.165) is 85.3 Å². The summed E-state index contributed by atoms with van der Waals surface area (Å²) in [5.74, 6) is 0. The van der Waals surface area contributed by atoms with Gasteiger partial charge in [0.1, 0.15) is 5.71 Å². The lowest BCUT2D eigenvalue weighted by atomic mass is 10.0. The predicted molar refractivity (Wildman–Crippen MR) is 309 cm³/mol. The summed E-state index contributed by atoms with van der Waals surface area (Å²) in [6, 6.07) is 50.8. The van der Waals surface area contributed by atoms with Crippen LogP contribution < -0.4 is 20.7 Å².